The van der Waals surface area contributed by atoms with Crippen molar-refractivity contribution in [1.29, 1.82) is 0 Å². The Hall–Kier alpha value is -3.42. The lowest BCUT2D eigenvalue weighted by Crippen LogP contribution is -2.32. The molecule has 8 nitrogen and oxygen atoms in total. The SMILES string of the molecule is O=C(CC1CC(=O)c2cc(N3CC[C@@H](Oc4ccc(OCC5CC5)nc4)C3=O)ccc21)NC1CC1. The number of ether oxygens (including phenoxy) is 2. The molecule has 2 amide bonds. The van der Waals surface area contributed by atoms with E-state index in [1.165, 1.54) is 12.8 Å². The molecule has 1 aromatic heterocycles. The van der Waals surface area contributed by atoms with Gasteiger partial charge in [0, 0.05) is 55.1 Å². The monoisotopic (exact) mass is 475 g/mol. The third-order valence-electron chi connectivity index (χ3n) is 7.20. The minimum absolute atomic E-state index is 0.00827. The van der Waals surface area contributed by atoms with Crippen molar-refractivity contribution in [3.63, 3.8) is 0 Å². The number of rotatable bonds is 9. The van der Waals surface area contributed by atoms with Crippen molar-refractivity contribution in [2.24, 2.45) is 5.92 Å². The number of aromatic nitrogens is 1. The highest BCUT2D eigenvalue weighted by atomic mass is 16.5. The summed E-state index contributed by atoms with van der Waals surface area (Å²) >= 11 is 0. The van der Waals surface area contributed by atoms with Gasteiger partial charge in [-0.3, -0.25) is 14.4 Å². The molecule has 2 saturated carbocycles. The molecule has 1 unspecified atom stereocenters. The van der Waals surface area contributed by atoms with Crippen LogP contribution in [-0.4, -0.2) is 47.9 Å². The van der Waals surface area contributed by atoms with Gasteiger partial charge in [0.1, 0.15) is 5.75 Å². The number of pyridine rings is 1. The molecule has 3 aliphatic carbocycles. The summed E-state index contributed by atoms with van der Waals surface area (Å²) in [6.45, 7) is 1.21. The number of hydrogen-bond donors (Lipinski definition) is 1. The summed E-state index contributed by atoms with van der Waals surface area (Å²) in [6, 6.07) is 9.42. The number of nitrogens with one attached hydrogen (secondary N) is 1. The summed E-state index contributed by atoms with van der Waals surface area (Å²) in [5.41, 5.74) is 2.22. The van der Waals surface area contributed by atoms with Crippen LogP contribution in [0.15, 0.2) is 36.5 Å². The molecule has 2 atom stereocenters. The largest absolute Gasteiger partial charge is 0.479 e. The van der Waals surface area contributed by atoms with Crippen molar-refractivity contribution >= 4 is 23.3 Å². The zero-order valence-electron chi connectivity index (χ0n) is 19.6. The minimum atomic E-state index is -0.599. The zero-order chi connectivity index (χ0) is 23.9. The van der Waals surface area contributed by atoms with Gasteiger partial charge in [-0.05, 0) is 55.4 Å². The van der Waals surface area contributed by atoms with Crippen molar-refractivity contribution in [2.75, 3.05) is 18.1 Å². The van der Waals surface area contributed by atoms with Crippen molar-refractivity contribution in [3.05, 3.63) is 47.7 Å². The van der Waals surface area contributed by atoms with Gasteiger partial charge in [0.25, 0.3) is 5.91 Å². The van der Waals surface area contributed by atoms with E-state index in [0.717, 1.165) is 18.4 Å². The fourth-order valence-corrected chi connectivity index (χ4v) is 4.87. The number of carbonyl (C=O) groups excluding carboxylic acids is 3. The van der Waals surface area contributed by atoms with Crippen LogP contribution in [0.1, 0.15) is 66.8 Å². The van der Waals surface area contributed by atoms with E-state index >= 15 is 0 Å². The van der Waals surface area contributed by atoms with Gasteiger partial charge in [0.05, 0.1) is 12.8 Å². The summed E-state index contributed by atoms with van der Waals surface area (Å²) in [7, 11) is 0. The second-order valence-electron chi connectivity index (χ2n) is 10.1. The quantitative estimate of drug-likeness (QED) is 0.597. The first-order chi connectivity index (χ1) is 17.0. The number of carbonyl (C=O) groups is 3. The Labute approximate surface area is 204 Å². The molecule has 35 heavy (non-hydrogen) atoms. The van der Waals surface area contributed by atoms with Gasteiger partial charge in [-0.2, -0.15) is 0 Å². The lowest BCUT2D eigenvalue weighted by molar-refractivity contribution is -0.123. The Kier molecular flexibility index (Phi) is 5.66. The van der Waals surface area contributed by atoms with E-state index in [-0.39, 0.29) is 23.5 Å². The smallest absolute Gasteiger partial charge is 0.268 e. The molecular formula is C27H29N3O5. The molecule has 1 aliphatic heterocycles. The fraction of sp³-hybridized carbons (Fsp3) is 0.481. The van der Waals surface area contributed by atoms with Crippen molar-refractivity contribution in [3.8, 4) is 11.6 Å². The number of fused-ring (bicyclic) bond motifs is 1. The van der Waals surface area contributed by atoms with Gasteiger partial charge < -0.3 is 19.7 Å². The Morgan fingerprint density at radius 1 is 1.09 bits per heavy atom. The van der Waals surface area contributed by atoms with Crippen molar-refractivity contribution in [2.45, 2.75) is 63.0 Å². The van der Waals surface area contributed by atoms with Gasteiger partial charge in [0.2, 0.25) is 11.8 Å². The van der Waals surface area contributed by atoms with Crippen LogP contribution in [0.25, 0.3) is 0 Å². The highest BCUT2D eigenvalue weighted by Gasteiger charge is 2.37. The average Bonchev–Trinajstić information content (AvgIpc) is 3.78. The van der Waals surface area contributed by atoms with Gasteiger partial charge in [-0.15, -0.1) is 0 Å². The Bertz CT molecular complexity index is 1160. The lowest BCUT2D eigenvalue weighted by Gasteiger charge is -2.19. The van der Waals surface area contributed by atoms with E-state index in [1.54, 1.807) is 29.3 Å². The molecule has 0 radical (unpaired) electrons. The van der Waals surface area contributed by atoms with Crippen molar-refractivity contribution in [1.82, 2.24) is 10.3 Å². The third kappa shape index (κ3) is 4.88. The summed E-state index contributed by atoms with van der Waals surface area (Å²) < 4.78 is 11.6. The van der Waals surface area contributed by atoms with E-state index in [9.17, 15) is 14.4 Å². The number of anilines is 1. The molecule has 4 aliphatic rings. The third-order valence-corrected chi connectivity index (χ3v) is 7.20. The molecule has 182 valence electrons. The molecule has 6 rings (SSSR count). The normalized spacial score (nSPS) is 23.4. The summed E-state index contributed by atoms with van der Waals surface area (Å²) in [4.78, 5) is 44.0. The molecule has 1 aromatic carbocycles. The standard InChI is InChI=1S/C27H29N3O5/c31-23-11-17(12-25(32)29-18-3-4-18)21-7-5-19(13-22(21)23)30-10-9-24(27(30)33)35-20-6-8-26(28-14-20)34-15-16-1-2-16/h5-8,13-14,16-18,24H,1-4,9-12,15H2,(H,29,32)/t17?,24-/m1/s1. The highest BCUT2D eigenvalue weighted by Crippen LogP contribution is 2.38. The number of nitrogens with zero attached hydrogens (tertiary/aromatic N) is 2. The van der Waals surface area contributed by atoms with Gasteiger partial charge >= 0.3 is 0 Å². The van der Waals surface area contributed by atoms with Gasteiger partial charge in [-0.1, -0.05) is 6.07 Å². The van der Waals surface area contributed by atoms with Crippen LogP contribution in [0.5, 0.6) is 11.6 Å². The zero-order valence-corrected chi connectivity index (χ0v) is 19.6. The molecule has 1 N–H and O–H groups in total. The first-order valence-electron chi connectivity index (χ1n) is 12.6. The first kappa shape index (κ1) is 22.1. The Balaban J connectivity index is 1.09. The molecular weight excluding hydrogens is 446 g/mol. The van der Waals surface area contributed by atoms with Crippen LogP contribution in [0.2, 0.25) is 0 Å². The maximum absolute atomic E-state index is 13.1. The average molecular weight is 476 g/mol. The fourth-order valence-electron chi connectivity index (χ4n) is 4.87. The number of benzene rings is 1. The van der Waals surface area contributed by atoms with E-state index < -0.39 is 6.10 Å². The molecule has 1 saturated heterocycles. The van der Waals surface area contributed by atoms with E-state index in [4.69, 9.17) is 9.47 Å². The van der Waals surface area contributed by atoms with Gasteiger partial charge in [0.15, 0.2) is 11.9 Å². The second-order valence-corrected chi connectivity index (χ2v) is 10.1. The molecule has 0 spiro atoms. The number of ketones is 1. The van der Waals surface area contributed by atoms with Crippen LogP contribution >= 0.6 is 0 Å². The van der Waals surface area contributed by atoms with E-state index in [1.807, 2.05) is 12.1 Å². The number of Topliss-reactive ketones (excluding diaryl/α,β-unsaturated/α-hetero) is 1. The summed E-state index contributed by atoms with van der Waals surface area (Å²) in [5, 5.41) is 3.00. The van der Waals surface area contributed by atoms with Crippen LogP contribution in [-0.2, 0) is 9.59 Å². The predicted molar refractivity (Wildman–Crippen MR) is 128 cm³/mol. The van der Waals surface area contributed by atoms with Crippen molar-refractivity contribution < 1.29 is 23.9 Å². The molecule has 2 heterocycles. The lowest BCUT2D eigenvalue weighted by atomic mass is 9.97. The maximum Gasteiger partial charge on any atom is 0.268 e. The van der Waals surface area contributed by atoms with Crippen LogP contribution in [0.4, 0.5) is 5.69 Å². The molecule has 2 aromatic rings. The van der Waals surface area contributed by atoms with E-state index in [2.05, 4.69) is 10.3 Å². The van der Waals surface area contributed by atoms with Crippen LogP contribution in [0.3, 0.4) is 0 Å². The van der Waals surface area contributed by atoms with Crippen LogP contribution in [0, 0.1) is 5.92 Å². The minimum Gasteiger partial charge on any atom is -0.479 e. The predicted octanol–water partition coefficient (Wildman–Crippen LogP) is 3.39. The first-order valence-corrected chi connectivity index (χ1v) is 12.6. The molecule has 8 heteroatoms. The summed E-state index contributed by atoms with van der Waals surface area (Å²) in [5.74, 6) is 1.55. The Morgan fingerprint density at radius 2 is 1.94 bits per heavy atom. The molecule has 3 fully saturated rings. The van der Waals surface area contributed by atoms with E-state index in [0.29, 0.717) is 67.3 Å². The maximum atomic E-state index is 13.1. The highest BCUT2D eigenvalue weighted by molar-refractivity contribution is 6.05. The number of hydrogen-bond acceptors (Lipinski definition) is 6. The summed E-state index contributed by atoms with van der Waals surface area (Å²) in [6.07, 6.45) is 6.73. The Morgan fingerprint density at radius 3 is 2.69 bits per heavy atom. The second kappa shape index (κ2) is 8.98. The van der Waals surface area contributed by atoms with Crippen LogP contribution < -0.4 is 19.7 Å². The van der Waals surface area contributed by atoms with Gasteiger partial charge in [-0.25, -0.2) is 4.98 Å². The molecule has 0 bridgehead atoms. The number of amides is 2. The topological polar surface area (TPSA) is 97.8 Å².